The van der Waals surface area contributed by atoms with Gasteiger partial charge in [0.2, 0.25) is 11.1 Å². The molecular weight excluding hydrogens is 934 g/mol. The number of halogens is 1. The Kier molecular flexibility index (Phi) is 18.5. The Bertz CT molecular complexity index is 2000. The minimum absolute atomic E-state index is 0.00154. The Morgan fingerprint density at radius 3 is 1.52 bits per heavy atom. The SMILES string of the molecule is COCC(=O)Cl.COCCCC(C)[C@H]1CC[C@@]2(O)C3=CC(=O)[C@@H]4C[C@@H](O)[C@@H](O)C[C@]4(C)C3CC[C@]12C.COCCN(C(=O)COC)C(C)[C@H]1CC[C@@]2(O)C3=CC(=O)[C@@H]4C[C@@H](O)[C@@H](O)C[C@]4(C)C3CC[C@]12C. The highest BCUT2D eigenvalue weighted by atomic mass is 35.5. The average Bonchev–Trinajstić information content (AvgIpc) is 3.75. The Hall–Kier alpha value is -2.15. The number of carbonyl (C=O) groups is 4. The van der Waals surface area contributed by atoms with Gasteiger partial charge in [-0.25, -0.2) is 0 Å². The average molecular weight is 1020 g/mol. The highest BCUT2D eigenvalue weighted by molar-refractivity contribution is 6.63. The lowest BCUT2D eigenvalue weighted by atomic mass is 9.46. The summed E-state index contributed by atoms with van der Waals surface area (Å²) >= 11 is 4.81. The third-order valence-electron chi connectivity index (χ3n) is 20.5. The zero-order valence-electron chi connectivity index (χ0n) is 44.3. The van der Waals surface area contributed by atoms with Crippen molar-refractivity contribution in [1.82, 2.24) is 4.90 Å². The van der Waals surface area contributed by atoms with Crippen LogP contribution in [0.15, 0.2) is 23.3 Å². The van der Waals surface area contributed by atoms with E-state index in [1.54, 1.807) is 26.4 Å². The minimum atomic E-state index is -1.14. The van der Waals surface area contributed by atoms with Crippen LogP contribution in [0, 0.1) is 63.1 Å². The maximum absolute atomic E-state index is 13.3. The van der Waals surface area contributed by atoms with Gasteiger partial charge in [0.05, 0.1) is 42.2 Å². The molecule has 15 nitrogen and oxygen atoms in total. The fourth-order valence-corrected chi connectivity index (χ4v) is 16.7. The molecule has 6 saturated carbocycles. The fraction of sp³-hybridized carbons (Fsp3) is 0.855. The second kappa shape index (κ2) is 22.6. The number of methoxy groups -OCH3 is 4. The van der Waals surface area contributed by atoms with Crippen molar-refractivity contribution in [2.45, 2.75) is 173 Å². The lowest BCUT2D eigenvalue weighted by Gasteiger charge is -2.60. The molecule has 0 radical (unpaired) electrons. The van der Waals surface area contributed by atoms with Crippen molar-refractivity contribution >= 4 is 34.3 Å². The lowest BCUT2D eigenvalue weighted by molar-refractivity contribution is -0.155. The van der Waals surface area contributed by atoms with Crippen LogP contribution >= 0.6 is 11.6 Å². The molecule has 0 bridgehead atoms. The third-order valence-corrected chi connectivity index (χ3v) is 20.6. The second-order valence-corrected chi connectivity index (χ2v) is 24.4. The Morgan fingerprint density at radius 1 is 0.648 bits per heavy atom. The molecule has 0 spiro atoms. The molecule has 0 aliphatic heterocycles. The molecule has 6 N–H and O–H groups in total. The van der Waals surface area contributed by atoms with E-state index in [4.69, 9.17) is 25.8 Å². The number of ketones is 2. The molecule has 71 heavy (non-hydrogen) atoms. The van der Waals surface area contributed by atoms with Crippen LogP contribution in [0.3, 0.4) is 0 Å². The molecule has 8 rings (SSSR count). The van der Waals surface area contributed by atoms with Crippen molar-refractivity contribution < 1.29 is 68.8 Å². The quantitative estimate of drug-likeness (QED) is 0.0953. The van der Waals surface area contributed by atoms with Gasteiger partial charge in [-0.05, 0) is 172 Å². The van der Waals surface area contributed by atoms with Crippen LogP contribution < -0.4 is 0 Å². The fourth-order valence-electron chi connectivity index (χ4n) is 16.5. The standard InChI is InChI=1S/C27H43NO7.C25H40O5.C3H5ClO2/c1-16(28(10-11-34-4)24(32)15-35-5)17-7-9-27(33)19-12-21(29)20-13-22(30)23(31)14-25(20,2)18(19)6-8-26(17,27)3;1-15(6-5-11-30-4)16-8-10-25(29)18-12-20(26)19-13-21(27)22(28)14-23(19,2)17(18)7-9-24(16,25)3;1-6-2-3(4)5/h12,16-18,20,22-23,30-31,33H,6-11,13-15H2,1-5H3;12,15-17,19,21-22,27-29H,5-11,13-14H2,1-4H3;2H2,1H3/t16?,17-,18?,20+,22-,23+,25-,26-,27-;15?,16-,17?,19+,21-,22+,23-,24-,25-;/m11./s1. The molecule has 4 unspecified atom stereocenters. The molecule has 8 aliphatic rings. The van der Waals surface area contributed by atoms with E-state index in [1.165, 1.54) is 14.2 Å². The molecule has 404 valence electrons. The molecule has 0 aromatic carbocycles. The number of aliphatic hydroxyl groups excluding tert-OH is 4. The van der Waals surface area contributed by atoms with Gasteiger partial charge >= 0.3 is 0 Å². The van der Waals surface area contributed by atoms with E-state index < -0.39 is 51.7 Å². The van der Waals surface area contributed by atoms with Gasteiger partial charge in [0.1, 0.15) is 13.2 Å². The van der Waals surface area contributed by atoms with Gasteiger partial charge < -0.3 is 54.5 Å². The molecule has 18 atom stereocenters. The topological polar surface area (TPSA) is 230 Å². The maximum Gasteiger partial charge on any atom is 0.248 e. The van der Waals surface area contributed by atoms with Crippen LogP contribution in [0.2, 0.25) is 0 Å². The summed E-state index contributed by atoms with van der Waals surface area (Å²) in [7, 11) is 6.28. The summed E-state index contributed by atoms with van der Waals surface area (Å²) in [6.45, 7) is 14.5. The molecule has 6 fully saturated rings. The van der Waals surface area contributed by atoms with Crippen LogP contribution in [-0.2, 0) is 38.1 Å². The monoisotopic (exact) mass is 1020 g/mol. The Balaban J connectivity index is 0.000000210. The van der Waals surface area contributed by atoms with Crippen molar-refractivity contribution in [3.8, 4) is 0 Å². The highest BCUT2D eigenvalue weighted by Crippen LogP contribution is 2.70. The first-order valence-corrected chi connectivity index (χ1v) is 26.8. The summed E-state index contributed by atoms with van der Waals surface area (Å²) in [5.41, 5.74) is -1.95. The van der Waals surface area contributed by atoms with Crippen LogP contribution in [0.1, 0.15) is 131 Å². The minimum Gasteiger partial charge on any atom is -0.390 e. The Labute approximate surface area is 427 Å². The number of carbonyl (C=O) groups excluding carboxylic acids is 4. The molecule has 1 amide bonds. The summed E-state index contributed by atoms with van der Waals surface area (Å²) in [5, 5.41) is 65.4. The van der Waals surface area contributed by atoms with Crippen molar-refractivity contribution in [3.05, 3.63) is 23.3 Å². The van der Waals surface area contributed by atoms with Crippen LogP contribution in [0.5, 0.6) is 0 Å². The molecule has 0 aromatic heterocycles. The van der Waals surface area contributed by atoms with Crippen LogP contribution in [-0.4, -0.2) is 161 Å². The van der Waals surface area contributed by atoms with Crippen molar-refractivity contribution in [2.24, 2.45) is 63.1 Å². The number of rotatable bonds is 14. The number of nitrogens with zero attached hydrogens (tertiary/aromatic N) is 1. The van der Waals surface area contributed by atoms with Gasteiger partial charge in [-0.3, -0.25) is 19.2 Å². The van der Waals surface area contributed by atoms with E-state index in [9.17, 15) is 49.8 Å². The van der Waals surface area contributed by atoms with E-state index in [2.05, 4.69) is 39.4 Å². The smallest absolute Gasteiger partial charge is 0.248 e. The number of hydrogen-bond donors (Lipinski definition) is 6. The van der Waals surface area contributed by atoms with Gasteiger partial charge in [-0.2, -0.15) is 0 Å². The predicted octanol–water partition coefficient (Wildman–Crippen LogP) is 5.35. The number of fused-ring (bicyclic) bond motifs is 10. The number of ether oxygens (including phenoxy) is 4. The van der Waals surface area contributed by atoms with Crippen LogP contribution in [0.25, 0.3) is 0 Å². The number of hydrogen-bond acceptors (Lipinski definition) is 14. The zero-order chi connectivity index (χ0) is 52.6. The normalized spacial score (nSPS) is 42.9. The first-order chi connectivity index (χ1) is 33.3. The van der Waals surface area contributed by atoms with E-state index in [0.717, 1.165) is 69.1 Å². The van der Waals surface area contributed by atoms with Gasteiger partial charge in [-0.1, -0.05) is 34.6 Å². The van der Waals surface area contributed by atoms with Crippen molar-refractivity contribution in [1.29, 1.82) is 0 Å². The Morgan fingerprint density at radius 2 is 1.10 bits per heavy atom. The van der Waals surface area contributed by atoms with E-state index in [0.29, 0.717) is 57.1 Å². The van der Waals surface area contributed by atoms with Crippen molar-refractivity contribution in [3.63, 3.8) is 0 Å². The number of allylic oxidation sites excluding steroid dienone is 2. The van der Waals surface area contributed by atoms with Gasteiger partial charge in [-0.15, -0.1) is 0 Å². The summed E-state index contributed by atoms with van der Waals surface area (Å²) < 4.78 is 19.9. The molecule has 16 heteroatoms. The molecule has 0 heterocycles. The van der Waals surface area contributed by atoms with Crippen LogP contribution in [0.4, 0.5) is 0 Å². The third kappa shape index (κ3) is 10.3. The number of aliphatic hydroxyl groups is 6. The predicted molar refractivity (Wildman–Crippen MR) is 267 cm³/mol. The van der Waals surface area contributed by atoms with Crippen molar-refractivity contribution in [2.75, 3.05) is 61.4 Å². The molecular formula is C55H88ClNO14. The zero-order valence-corrected chi connectivity index (χ0v) is 45.0. The van der Waals surface area contributed by atoms with E-state index in [-0.39, 0.29) is 83.6 Å². The first kappa shape index (κ1) is 58.1. The van der Waals surface area contributed by atoms with Gasteiger partial charge in [0, 0.05) is 70.3 Å². The largest absolute Gasteiger partial charge is 0.390 e. The summed E-state index contributed by atoms with van der Waals surface area (Å²) in [5.74, 6) is 0.360. The maximum atomic E-state index is 13.3. The molecule has 0 saturated heterocycles. The van der Waals surface area contributed by atoms with E-state index in [1.807, 2.05) is 11.8 Å². The molecule has 0 aromatic rings. The second-order valence-electron chi connectivity index (χ2n) is 24.0. The summed E-state index contributed by atoms with van der Waals surface area (Å²) in [6.07, 6.45) is 10.00. The summed E-state index contributed by atoms with van der Waals surface area (Å²) in [6, 6.07) is -0.127. The number of amides is 1. The molecule has 8 aliphatic carbocycles. The van der Waals surface area contributed by atoms with Gasteiger partial charge in [0.25, 0.3) is 0 Å². The highest BCUT2D eigenvalue weighted by Gasteiger charge is 2.69. The first-order valence-electron chi connectivity index (χ1n) is 26.4. The lowest BCUT2D eigenvalue weighted by Crippen LogP contribution is -2.61. The summed E-state index contributed by atoms with van der Waals surface area (Å²) in [4.78, 5) is 50.9. The van der Waals surface area contributed by atoms with E-state index >= 15 is 0 Å². The van der Waals surface area contributed by atoms with Gasteiger partial charge in [0.15, 0.2) is 11.6 Å².